The molecule has 20 heavy (non-hydrogen) atoms. The van der Waals surface area contributed by atoms with Gasteiger partial charge >= 0.3 is 0 Å². The molecule has 3 heteroatoms. The van der Waals surface area contributed by atoms with E-state index in [1.165, 1.54) is 56.5 Å². The molecule has 0 amide bonds. The predicted octanol–water partition coefficient (Wildman–Crippen LogP) is 4.05. The van der Waals surface area contributed by atoms with Gasteiger partial charge in [0, 0.05) is 30.1 Å². The summed E-state index contributed by atoms with van der Waals surface area (Å²) in [6, 6.07) is 5.78. The van der Waals surface area contributed by atoms with Crippen LogP contribution in [0.25, 0.3) is 0 Å². The van der Waals surface area contributed by atoms with Crippen molar-refractivity contribution in [3.63, 3.8) is 0 Å². The lowest BCUT2D eigenvalue weighted by molar-refractivity contribution is 0.190. The molecule has 0 radical (unpaired) electrons. The van der Waals surface area contributed by atoms with E-state index in [0.29, 0.717) is 6.04 Å². The zero-order valence-corrected chi connectivity index (χ0v) is 13.5. The molecule has 2 nitrogen and oxygen atoms in total. The van der Waals surface area contributed by atoms with E-state index in [9.17, 15) is 0 Å². The van der Waals surface area contributed by atoms with Crippen molar-refractivity contribution in [2.45, 2.75) is 57.5 Å². The summed E-state index contributed by atoms with van der Waals surface area (Å²) in [6.45, 7) is 5.97. The zero-order chi connectivity index (χ0) is 13.8. The highest BCUT2D eigenvalue weighted by molar-refractivity contribution is 7.10. The maximum Gasteiger partial charge on any atom is 0.0386 e. The van der Waals surface area contributed by atoms with E-state index in [4.69, 9.17) is 0 Å². The average Bonchev–Trinajstić information content (AvgIpc) is 3.20. The lowest BCUT2D eigenvalue weighted by Gasteiger charge is -2.29. The number of nitrogens with one attached hydrogen (secondary N) is 1. The number of rotatable bonds is 6. The first-order valence-electron chi connectivity index (χ1n) is 8.35. The number of hydrogen-bond acceptors (Lipinski definition) is 3. The standard InChI is InChI=1S/C17H28N2S/c1-14(17-9-5-13-20-17)18-10-12-19-11-4-8-16(19)15-6-2-3-7-15/h5,9,13-16,18H,2-4,6-8,10-12H2,1H3. The SMILES string of the molecule is CC(NCCN1CCCC1C1CCCC1)c1cccs1. The second-order valence-electron chi connectivity index (χ2n) is 6.48. The molecule has 0 spiro atoms. The van der Waals surface area contributed by atoms with E-state index in [1.807, 2.05) is 11.3 Å². The second kappa shape index (κ2) is 7.06. The molecule has 1 saturated carbocycles. The number of likely N-dealkylation sites (tertiary alicyclic amines) is 1. The first kappa shape index (κ1) is 14.6. The van der Waals surface area contributed by atoms with Crippen molar-refractivity contribution in [2.24, 2.45) is 5.92 Å². The summed E-state index contributed by atoms with van der Waals surface area (Å²) in [4.78, 5) is 4.23. The summed E-state index contributed by atoms with van der Waals surface area (Å²) in [5.74, 6) is 1.01. The van der Waals surface area contributed by atoms with Crippen LogP contribution in [0, 0.1) is 5.92 Å². The molecule has 1 aliphatic heterocycles. The molecule has 2 aliphatic rings. The van der Waals surface area contributed by atoms with Crippen molar-refractivity contribution in [2.75, 3.05) is 19.6 Å². The minimum atomic E-state index is 0.502. The van der Waals surface area contributed by atoms with Crippen LogP contribution in [0.2, 0.25) is 0 Å². The summed E-state index contributed by atoms with van der Waals surface area (Å²) >= 11 is 1.86. The Hall–Kier alpha value is -0.380. The zero-order valence-electron chi connectivity index (χ0n) is 12.7. The molecule has 1 saturated heterocycles. The highest BCUT2D eigenvalue weighted by atomic mass is 32.1. The summed E-state index contributed by atoms with van der Waals surface area (Å²) in [7, 11) is 0. The first-order valence-corrected chi connectivity index (χ1v) is 9.23. The molecular weight excluding hydrogens is 264 g/mol. The van der Waals surface area contributed by atoms with E-state index >= 15 is 0 Å². The Bertz CT molecular complexity index is 384. The number of hydrogen-bond donors (Lipinski definition) is 1. The molecule has 1 N–H and O–H groups in total. The Kier molecular flexibility index (Phi) is 5.14. The molecule has 0 bridgehead atoms. The summed E-state index contributed by atoms with van der Waals surface area (Å²) in [5, 5.41) is 5.86. The Morgan fingerprint density at radius 2 is 2.15 bits per heavy atom. The lowest BCUT2D eigenvalue weighted by atomic mass is 9.96. The third-order valence-corrected chi connectivity index (χ3v) is 6.23. The first-order chi connectivity index (χ1) is 9.84. The summed E-state index contributed by atoms with van der Waals surface area (Å²) < 4.78 is 0. The second-order valence-corrected chi connectivity index (χ2v) is 7.46. The molecule has 1 aromatic rings. The van der Waals surface area contributed by atoms with Crippen LogP contribution >= 0.6 is 11.3 Å². The molecule has 112 valence electrons. The summed E-state index contributed by atoms with van der Waals surface area (Å²) in [5.41, 5.74) is 0. The Labute approximate surface area is 127 Å². The van der Waals surface area contributed by atoms with Crippen molar-refractivity contribution in [1.82, 2.24) is 10.2 Å². The fourth-order valence-corrected chi connectivity index (χ4v) is 4.83. The fourth-order valence-electron chi connectivity index (χ4n) is 4.07. The molecule has 0 aromatic carbocycles. The van der Waals surface area contributed by atoms with Crippen LogP contribution in [0.5, 0.6) is 0 Å². The highest BCUT2D eigenvalue weighted by Gasteiger charge is 2.32. The maximum absolute atomic E-state index is 3.69. The fraction of sp³-hybridized carbons (Fsp3) is 0.765. The van der Waals surface area contributed by atoms with E-state index in [0.717, 1.165) is 18.5 Å². The molecule has 2 fully saturated rings. The third-order valence-electron chi connectivity index (χ3n) is 5.18. The monoisotopic (exact) mass is 292 g/mol. The van der Waals surface area contributed by atoms with Gasteiger partial charge in [-0.3, -0.25) is 4.90 Å². The van der Waals surface area contributed by atoms with Crippen LogP contribution in [0.1, 0.15) is 56.4 Å². The van der Waals surface area contributed by atoms with Gasteiger partial charge in [0.05, 0.1) is 0 Å². The molecule has 2 heterocycles. The van der Waals surface area contributed by atoms with Crippen molar-refractivity contribution in [3.8, 4) is 0 Å². The van der Waals surface area contributed by atoms with Gasteiger partial charge in [0.2, 0.25) is 0 Å². The van der Waals surface area contributed by atoms with Crippen LogP contribution in [0.15, 0.2) is 17.5 Å². The van der Waals surface area contributed by atoms with Crippen LogP contribution in [0.3, 0.4) is 0 Å². The van der Waals surface area contributed by atoms with Crippen LogP contribution < -0.4 is 5.32 Å². The summed E-state index contributed by atoms with van der Waals surface area (Å²) in [6.07, 6.45) is 8.79. The quantitative estimate of drug-likeness (QED) is 0.851. The number of nitrogens with zero attached hydrogens (tertiary/aromatic N) is 1. The van der Waals surface area contributed by atoms with E-state index in [2.05, 4.69) is 34.7 Å². The van der Waals surface area contributed by atoms with E-state index in [-0.39, 0.29) is 0 Å². The van der Waals surface area contributed by atoms with Crippen molar-refractivity contribution >= 4 is 11.3 Å². The Morgan fingerprint density at radius 3 is 2.90 bits per heavy atom. The van der Waals surface area contributed by atoms with Gasteiger partial charge in [-0.1, -0.05) is 18.9 Å². The average molecular weight is 292 g/mol. The normalized spacial score (nSPS) is 26.4. The lowest BCUT2D eigenvalue weighted by Crippen LogP contribution is -2.39. The van der Waals surface area contributed by atoms with Gasteiger partial charge < -0.3 is 5.32 Å². The molecule has 1 aromatic heterocycles. The van der Waals surface area contributed by atoms with E-state index in [1.54, 1.807) is 0 Å². The van der Waals surface area contributed by atoms with Crippen LogP contribution in [-0.2, 0) is 0 Å². The van der Waals surface area contributed by atoms with E-state index < -0.39 is 0 Å². The van der Waals surface area contributed by atoms with Crippen molar-refractivity contribution < 1.29 is 0 Å². The molecular formula is C17H28N2S. The van der Waals surface area contributed by atoms with Gasteiger partial charge in [-0.25, -0.2) is 0 Å². The topological polar surface area (TPSA) is 15.3 Å². The van der Waals surface area contributed by atoms with Gasteiger partial charge in [0.15, 0.2) is 0 Å². The molecule has 2 atom stereocenters. The minimum Gasteiger partial charge on any atom is -0.308 e. The smallest absolute Gasteiger partial charge is 0.0386 e. The predicted molar refractivity (Wildman–Crippen MR) is 87.3 cm³/mol. The van der Waals surface area contributed by atoms with Gasteiger partial charge in [-0.05, 0) is 56.5 Å². The maximum atomic E-state index is 3.69. The van der Waals surface area contributed by atoms with Crippen molar-refractivity contribution in [3.05, 3.63) is 22.4 Å². The largest absolute Gasteiger partial charge is 0.308 e. The van der Waals surface area contributed by atoms with Gasteiger partial charge in [-0.15, -0.1) is 11.3 Å². The molecule has 1 aliphatic carbocycles. The Morgan fingerprint density at radius 1 is 1.30 bits per heavy atom. The Balaban J connectivity index is 1.43. The van der Waals surface area contributed by atoms with Gasteiger partial charge in [0.1, 0.15) is 0 Å². The van der Waals surface area contributed by atoms with Gasteiger partial charge in [0.25, 0.3) is 0 Å². The van der Waals surface area contributed by atoms with Gasteiger partial charge in [-0.2, -0.15) is 0 Å². The van der Waals surface area contributed by atoms with Crippen molar-refractivity contribution in [1.29, 1.82) is 0 Å². The minimum absolute atomic E-state index is 0.502. The third kappa shape index (κ3) is 3.44. The molecule has 3 rings (SSSR count). The van der Waals surface area contributed by atoms with Crippen LogP contribution in [-0.4, -0.2) is 30.6 Å². The highest BCUT2D eigenvalue weighted by Crippen LogP contribution is 2.35. The number of thiophene rings is 1. The molecule has 2 unspecified atom stereocenters. The van der Waals surface area contributed by atoms with Crippen LogP contribution in [0.4, 0.5) is 0 Å².